The van der Waals surface area contributed by atoms with Gasteiger partial charge in [-0.05, 0) is 31.2 Å². The van der Waals surface area contributed by atoms with Crippen molar-refractivity contribution in [2.45, 2.75) is 44.7 Å². The SMILES string of the molecule is CCc1c(-c2nc(C3(N)CCC3)no2)cnn1Cc1ccccc1. The molecule has 1 fully saturated rings. The van der Waals surface area contributed by atoms with Crippen LogP contribution in [0.15, 0.2) is 41.1 Å². The number of hydrogen-bond donors (Lipinski definition) is 1. The maximum absolute atomic E-state index is 6.29. The lowest BCUT2D eigenvalue weighted by atomic mass is 9.77. The molecule has 0 spiro atoms. The van der Waals surface area contributed by atoms with Gasteiger partial charge in [0.2, 0.25) is 0 Å². The second-order valence-corrected chi connectivity index (χ2v) is 6.43. The molecule has 0 saturated heterocycles. The van der Waals surface area contributed by atoms with Gasteiger partial charge in [-0.3, -0.25) is 4.68 Å². The molecule has 24 heavy (non-hydrogen) atoms. The summed E-state index contributed by atoms with van der Waals surface area (Å²) in [6.45, 7) is 2.83. The van der Waals surface area contributed by atoms with Gasteiger partial charge in [0.05, 0.1) is 29.5 Å². The van der Waals surface area contributed by atoms with Crippen molar-refractivity contribution in [3.05, 3.63) is 53.6 Å². The Labute approximate surface area is 140 Å². The van der Waals surface area contributed by atoms with Crippen LogP contribution in [0, 0.1) is 0 Å². The second-order valence-electron chi connectivity index (χ2n) is 6.43. The van der Waals surface area contributed by atoms with Crippen LogP contribution < -0.4 is 5.73 Å². The van der Waals surface area contributed by atoms with Gasteiger partial charge in [-0.15, -0.1) is 0 Å². The van der Waals surface area contributed by atoms with Gasteiger partial charge in [0, 0.05) is 0 Å². The molecule has 3 aromatic rings. The van der Waals surface area contributed by atoms with Crippen LogP contribution in [-0.2, 0) is 18.5 Å². The molecule has 0 amide bonds. The van der Waals surface area contributed by atoms with Crippen molar-refractivity contribution in [3.63, 3.8) is 0 Å². The van der Waals surface area contributed by atoms with E-state index < -0.39 is 5.54 Å². The summed E-state index contributed by atoms with van der Waals surface area (Å²) in [4.78, 5) is 4.55. The van der Waals surface area contributed by atoms with Crippen LogP contribution in [0.1, 0.15) is 43.3 Å². The van der Waals surface area contributed by atoms with Gasteiger partial charge in [0.15, 0.2) is 5.82 Å². The minimum atomic E-state index is -0.409. The molecule has 1 aliphatic carbocycles. The summed E-state index contributed by atoms with van der Waals surface area (Å²) in [5.41, 5.74) is 9.08. The van der Waals surface area contributed by atoms with Crippen molar-refractivity contribution in [2.24, 2.45) is 5.73 Å². The molecule has 2 N–H and O–H groups in total. The van der Waals surface area contributed by atoms with E-state index in [1.54, 1.807) is 0 Å². The molecule has 124 valence electrons. The van der Waals surface area contributed by atoms with E-state index in [9.17, 15) is 0 Å². The van der Waals surface area contributed by atoms with Gasteiger partial charge >= 0.3 is 0 Å². The predicted molar refractivity (Wildman–Crippen MR) is 90.2 cm³/mol. The molecule has 4 rings (SSSR count). The van der Waals surface area contributed by atoms with Gasteiger partial charge in [0.25, 0.3) is 5.89 Å². The lowest BCUT2D eigenvalue weighted by Gasteiger charge is -2.34. The van der Waals surface area contributed by atoms with Crippen molar-refractivity contribution in [2.75, 3.05) is 0 Å². The average Bonchev–Trinajstić information content (AvgIpc) is 3.20. The fourth-order valence-electron chi connectivity index (χ4n) is 3.17. The number of nitrogens with zero attached hydrogens (tertiary/aromatic N) is 4. The van der Waals surface area contributed by atoms with Crippen molar-refractivity contribution in [1.29, 1.82) is 0 Å². The Morgan fingerprint density at radius 2 is 2.04 bits per heavy atom. The van der Waals surface area contributed by atoms with Gasteiger partial charge < -0.3 is 10.3 Å². The maximum atomic E-state index is 6.29. The molecule has 2 aromatic heterocycles. The van der Waals surface area contributed by atoms with Crippen LogP contribution >= 0.6 is 0 Å². The van der Waals surface area contributed by atoms with Gasteiger partial charge in [-0.1, -0.05) is 42.4 Å². The van der Waals surface area contributed by atoms with Crippen LogP contribution in [0.2, 0.25) is 0 Å². The molecule has 1 aromatic carbocycles. The third-order valence-corrected chi connectivity index (χ3v) is 4.81. The summed E-state index contributed by atoms with van der Waals surface area (Å²) in [6.07, 6.45) is 5.60. The van der Waals surface area contributed by atoms with Crippen molar-refractivity contribution in [3.8, 4) is 11.5 Å². The minimum absolute atomic E-state index is 0.409. The molecule has 6 heteroatoms. The molecule has 0 radical (unpaired) electrons. The van der Waals surface area contributed by atoms with Crippen LogP contribution in [0.3, 0.4) is 0 Å². The second kappa shape index (κ2) is 5.87. The molecule has 0 bridgehead atoms. The van der Waals surface area contributed by atoms with E-state index in [0.717, 1.165) is 43.5 Å². The topological polar surface area (TPSA) is 82.8 Å². The van der Waals surface area contributed by atoms with E-state index in [1.807, 2.05) is 29.1 Å². The van der Waals surface area contributed by atoms with Crippen LogP contribution in [0.25, 0.3) is 11.5 Å². The third-order valence-electron chi connectivity index (χ3n) is 4.81. The van der Waals surface area contributed by atoms with Crippen molar-refractivity contribution in [1.82, 2.24) is 19.9 Å². The summed E-state index contributed by atoms with van der Waals surface area (Å²) < 4.78 is 7.48. The van der Waals surface area contributed by atoms with Gasteiger partial charge in [-0.2, -0.15) is 10.1 Å². The van der Waals surface area contributed by atoms with E-state index in [2.05, 4.69) is 34.3 Å². The fourth-order valence-corrected chi connectivity index (χ4v) is 3.17. The Bertz CT molecular complexity index is 832. The number of nitrogens with two attached hydrogens (primary N) is 1. The molecule has 1 saturated carbocycles. The molecule has 0 atom stereocenters. The normalized spacial score (nSPS) is 16.1. The van der Waals surface area contributed by atoms with E-state index in [4.69, 9.17) is 10.3 Å². The molecule has 6 nitrogen and oxygen atoms in total. The van der Waals surface area contributed by atoms with Gasteiger partial charge in [0.1, 0.15) is 0 Å². The van der Waals surface area contributed by atoms with Crippen molar-refractivity contribution < 1.29 is 4.52 Å². The summed E-state index contributed by atoms with van der Waals surface area (Å²) >= 11 is 0. The molecular weight excluding hydrogens is 302 g/mol. The number of rotatable bonds is 5. The first-order valence-electron chi connectivity index (χ1n) is 8.41. The molecule has 0 aliphatic heterocycles. The number of aromatic nitrogens is 4. The smallest absolute Gasteiger partial charge is 0.261 e. The monoisotopic (exact) mass is 323 g/mol. The zero-order valence-corrected chi connectivity index (χ0v) is 13.8. The Balaban J connectivity index is 1.64. The highest BCUT2D eigenvalue weighted by atomic mass is 16.5. The standard InChI is InChI=1S/C18H21N5O/c1-2-15-14(11-20-23(15)12-13-7-4-3-5-8-13)16-21-17(22-24-16)18(19)9-6-10-18/h3-5,7-8,11H,2,6,9-10,12,19H2,1H3. The predicted octanol–water partition coefficient (Wildman–Crippen LogP) is 2.88. The quantitative estimate of drug-likeness (QED) is 0.780. The molecule has 2 heterocycles. The van der Waals surface area contributed by atoms with Crippen LogP contribution in [0.5, 0.6) is 0 Å². The zero-order chi connectivity index (χ0) is 16.6. The Morgan fingerprint density at radius 3 is 2.71 bits per heavy atom. The summed E-state index contributed by atoms with van der Waals surface area (Å²) in [6, 6.07) is 10.3. The van der Waals surface area contributed by atoms with E-state index in [-0.39, 0.29) is 0 Å². The molecule has 0 unspecified atom stereocenters. The minimum Gasteiger partial charge on any atom is -0.334 e. The first kappa shape index (κ1) is 15.1. The molecule has 1 aliphatic rings. The average molecular weight is 323 g/mol. The Kier molecular flexibility index (Phi) is 3.69. The first-order valence-corrected chi connectivity index (χ1v) is 8.41. The fraction of sp³-hybridized carbons (Fsp3) is 0.389. The highest BCUT2D eigenvalue weighted by Gasteiger charge is 2.39. The Morgan fingerprint density at radius 1 is 1.25 bits per heavy atom. The zero-order valence-electron chi connectivity index (χ0n) is 13.8. The maximum Gasteiger partial charge on any atom is 0.261 e. The highest BCUT2D eigenvalue weighted by molar-refractivity contribution is 5.55. The lowest BCUT2D eigenvalue weighted by Crippen LogP contribution is -2.44. The summed E-state index contributed by atoms with van der Waals surface area (Å²) in [5, 5.41) is 8.63. The largest absolute Gasteiger partial charge is 0.334 e. The number of hydrogen-bond acceptors (Lipinski definition) is 5. The lowest BCUT2D eigenvalue weighted by molar-refractivity contribution is 0.229. The molecular formula is C18H21N5O. The van der Waals surface area contributed by atoms with E-state index in [1.165, 1.54) is 5.56 Å². The van der Waals surface area contributed by atoms with Crippen molar-refractivity contribution >= 4 is 0 Å². The summed E-state index contributed by atoms with van der Waals surface area (Å²) in [7, 11) is 0. The van der Waals surface area contributed by atoms with Crippen LogP contribution in [0.4, 0.5) is 0 Å². The van der Waals surface area contributed by atoms with E-state index in [0.29, 0.717) is 11.7 Å². The summed E-state index contributed by atoms with van der Waals surface area (Å²) in [5.74, 6) is 1.12. The van der Waals surface area contributed by atoms with E-state index >= 15 is 0 Å². The highest BCUT2D eigenvalue weighted by Crippen LogP contribution is 2.38. The number of benzene rings is 1. The van der Waals surface area contributed by atoms with Gasteiger partial charge in [-0.25, -0.2) is 0 Å². The Hall–Kier alpha value is -2.47. The third kappa shape index (κ3) is 2.53. The van der Waals surface area contributed by atoms with Crippen LogP contribution in [-0.4, -0.2) is 19.9 Å². The first-order chi connectivity index (χ1) is 11.7.